The van der Waals surface area contributed by atoms with Crippen molar-refractivity contribution in [1.82, 2.24) is 15.3 Å². The molecule has 3 nitrogen and oxygen atoms in total. The molecule has 0 saturated heterocycles. The minimum Gasteiger partial charge on any atom is -0.313 e. The van der Waals surface area contributed by atoms with Gasteiger partial charge in [-0.3, -0.25) is 0 Å². The zero-order valence-corrected chi connectivity index (χ0v) is 11.9. The maximum atomic E-state index is 4.89. The van der Waals surface area contributed by atoms with Gasteiger partial charge in [-0.25, -0.2) is 9.97 Å². The van der Waals surface area contributed by atoms with Gasteiger partial charge in [0.05, 0.1) is 0 Å². The smallest absolute Gasteiger partial charge is 0.134 e. The summed E-state index contributed by atoms with van der Waals surface area (Å²) in [5, 5.41) is 3.41. The molecule has 2 aliphatic carbocycles. The second kappa shape index (κ2) is 3.77. The first-order chi connectivity index (χ1) is 8.43. The third kappa shape index (κ3) is 1.95. The molecule has 0 radical (unpaired) electrons. The molecule has 0 aromatic carbocycles. The summed E-state index contributed by atoms with van der Waals surface area (Å²) in [5.74, 6) is 1.06. The normalized spacial score (nSPS) is 27.7. The molecule has 0 bridgehead atoms. The number of hydrogen-bond donors (Lipinski definition) is 1. The highest BCUT2D eigenvalue weighted by Gasteiger charge is 2.43. The molecule has 98 valence electrons. The summed E-state index contributed by atoms with van der Waals surface area (Å²) in [4.78, 5) is 9.51. The molecule has 0 spiro atoms. The van der Waals surface area contributed by atoms with E-state index in [1.807, 2.05) is 7.05 Å². The van der Waals surface area contributed by atoms with Crippen molar-refractivity contribution in [3.05, 3.63) is 23.3 Å². The summed E-state index contributed by atoms with van der Waals surface area (Å²) in [7, 11) is 2.03. The lowest BCUT2D eigenvalue weighted by atomic mass is 9.74. The second-order valence-electron chi connectivity index (χ2n) is 7.04. The Bertz CT molecular complexity index is 475. The number of hydrogen-bond acceptors (Lipinski definition) is 3. The van der Waals surface area contributed by atoms with E-state index in [0.717, 1.165) is 18.7 Å². The standard InChI is InChI=1S/C15H23N3/c1-14(2)7-11(16-4)10-9-17-13(15(3)5-6-15)18-12(10)8-14/h9,11,16H,5-8H2,1-4H3. The maximum Gasteiger partial charge on any atom is 0.134 e. The van der Waals surface area contributed by atoms with E-state index in [2.05, 4.69) is 37.3 Å². The van der Waals surface area contributed by atoms with Crippen LogP contribution >= 0.6 is 0 Å². The summed E-state index contributed by atoms with van der Waals surface area (Å²) in [6.45, 7) is 6.94. The van der Waals surface area contributed by atoms with Gasteiger partial charge >= 0.3 is 0 Å². The number of nitrogens with zero attached hydrogens (tertiary/aromatic N) is 2. The molecule has 1 fully saturated rings. The predicted octanol–water partition coefficient (Wildman–Crippen LogP) is 2.76. The quantitative estimate of drug-likeness (QED) is 0.870. The van der Waals surface area contributed by atoms with Crippen molar-refractivity contribution < 1.29 is 0 Å². The topological polar surface area (TPSA) is 37.8 Å². The van der Waals surface area contributed by atoms with Crippen LogP contribution in [0.5, 0.6) is 0 Å². The molecule has 1 unspecified atom stereocenters. The van der Waals surface area contributed by atoms with E-state index >= 15 is 0 Å². The first-order valence-corrected chi connectivity index (χ1v) is 6.97. The summed E-state index contributed by atoms with van der Waals surface area (Å²) in [6.07, 6.45) is 6.79. The summed E-state index contributed by atoms with van der Waals surface area (Å²) in [5.41, 5.74) is 3.18. The Hall–Kier alpha value is -0.960. The largest absolute Gasteiger partial charge is 0.313 e. The van der Waals surface area contributed by atoms with Gasteiger partial charge in [0.15, 0.2) is 0 Å². The van der Waals surface area contributed by atoms with Gasteiger partial charge in [0.1, 0.15) is 5.82 Å². The zero-order chi connectivity index (χ0) is 13.0. The zero-order valence-electron chi connectivity index (χ0n) is 11.9. The van der Waals surface area contributed by atoms with Crippen molar-refractivity contribution in [1.29, 1.82) is 0 Å². The minimum atomic E-state index is 0.270. The van der Waals surface area contributed by atoms with Crippen molar-refractivity contribution in [2.24, 2.45) is 5.41 Å². The highest BCUT2D eigenvalue weighted by atomic mass is 15.0. The van der Waals surface area contributed by atoms with Crippen LogP contribution in [0.25, 0.3) is 0 Å². The van der Waals surface area contributed by atoms with Crippen LogP contribution in [0.1, 0.15) is 63.2 Å². The van der Waals surface area contributed by atoms with Gasteiger partial charge in [-0.15, -0.1) is 0 Å². The number of nitrogens with one attached hydrogen (secondary N) is 1. The van der Waals surface area contributed by atoms with E-state index in [0.29, 0.717) is 11.5 Å². The van der Waals surface area contributed by atoms with E-state index in [1.165, 1.54) is 24.1 Å². The molecule has 0 amide bonds. The molecule has 0 aliphatic heterocycles. The van der Waals surface area contributed by atoms with E-state index in [4.69, 9.17) is 4.98 Å². The number of aromatic nitrogens is 2. The fraction of sp³-hybridized carbons (Fsp3) is 0.733. The molecule has 1 saturated carbocycles. The average Bonchev–Trinajstić information content (AvgIpc) is 3.05. The maximum absolute atomic E-state index is 4.89. The van der Waals surface area contributed by atoms with Gasteiger partial charge in [-0.2, -0.15) is 0 Å². The first kappa shape index (κ1) is 12.1. The van der Waals surface area contributed by atoms with Crippen molar-refractivity contribution in [3.8, 4) is 0 Å². The fourth-order valence-electron chi connectivity index (χ4n) is 3.01. The third-order valence-electron chi connectivity index (χ3n) is 4.57. The summed E-state index contributed by atoms with van der Waals surface area (Å²) in [6, 6.07) is 0.407. The Morgan fingerprint density at radius 3 is 2.61 bits per heavy atom. The molecule has 1 aromatic heterocycles. The van der Waals surface area contributed by atoms with Crippen LogP contribution in [0.4, 0.5) is 0 Å². The van der Waals surface area contributed by atoms with E-state index < -0.39 is 0 Å². The highest BCUT2D eigenvalue weighted by Crippen LogP contribution is 2.47. The molecular formula is C15H23N3. The fourth-order valence-corrected chi connectivity index (χ4v) is 3.01. The third-order valence-corrected chi connectivity index (χ3v) is 4.57. The Balaban J connectivity index is 2.02. The Morgan fingerprint density at radius 2 is 2.00 bits per heavy atom. The van der Waals surface area contributed by atoms with Gasteiger partial charge < -0.3 is 5.32 Å². The van der Waals surface area contributed by atoms with Gasteiger partial charge in [0, 0.05) is 28.9 Å². The molecule has 1 N–H and O–H groups in total. The van der Waals surface area contributed by atoms with Crippen LogP contribution in [0.2, 0.25) is 0 Å². The van der Waals surface area contributed by atoms with E-state index in [1.54, 1.807) is 0 Å². The summed E-state index contributed by atoms with van der Waals surface area (Å²) < 4.78 is 0. The molecule has 1 atom stereocenters. The van der Waals surface area contributed by atoms with Crippen molar-refractivity contribution in [2.75, 3.05) is 7.05 Å². The van der Waals surface area contributed by atoms with E-state index in [9.17, 15) is 0 Å². The van der Waals surface area contributed by atoms with Crippen LogP contribution in [-0.2, 0) is 11.8 Å². The van der Waals surface area contributed by atoms with Crippen molar-refractivity contribution in [3.63, 3.8) is 0 Å². The minimum absolute atomic E-state index is 0.270. The molecule has 1 heterocycles. The Morgan fingerprint density at radius 1 is 1.28 bits per heavy atom. The van der Waals surface area contributed by atoms with Crippen LogP contribution in [-0.4, -0.2) is 17.0 Å². The Labute approximate surface area is 109 Å². The van der Waals surface area contributed by atoms with Crippen molar-refractivity contribution in [2.45, 2.75) is 57.9 Å². The van der Waals surface area contributed by atoms with Gasteiger partial charge in [0.25, 0.3) is 0 Å². The highest BCUT2D eigenvalue weighted by molar-refractivity contribution is 5.29. The molecule has 3 rings (SSSR count). The molecular weight excluding hydrogens is 222 g/mol. The lowest BCUT2D eigenvalue weighted by Crippen LogP contribution is -2.33. The van der Waals surface area contributed by atoms with Gasteiger partial charge in [-0.1, -0.05) is 20.8 Å². The van der Waals surface area contributed by atoms with Crippen LogP contribution in [0.3, 0.4) is 0 Å². The first-order valence-electron chi connectivity index (χ1n) is 6.97. The average molecular weight is 245 g/mol. The van der Waals surface area contributed by atoms with Crippen LogP contribution in [0, 0.1) is 5.41 Å². The van der Waals surface area contributed by atoms with Gasteiger partial charge in [-0.05, 0) is 38.1 Å². The lowest BCUT2D eigenvalue weighted by Gasteiger charge is -2.36. The van der Waals surface area contributed by atoms with Crippen molar-refractivity contribution >= 4 is 0 Å². The van der Waals surface area contributed by atoms with Crippen LogP contribution in [0.15, 0.2) is 6.20 Å². The van der Waals surface area contributed by atoms with E-state index in [-0.39, 0.29) is 5.41 Å². The SMILES string of the molecule is CNC1CC(C)(C)Cc2nc(C3(C)CC3)ncc21. The monoisotopic (exact) mass is 245 g/mol. The molecule has 18 heavy (non-hydrogen) atoms. The summed E-state index contributed by atoms with van der Waals surface area (Å²) >= 11 is 0. The van der Waals surface area contributed by atoms with Crippen LogP contribution < -0.4 is 5.32 Å². The lowest BCUT2D eigenvalue weighted by molar-refractivity contribution is 0.259. The Kier molecular flexibility index (Phi) is 2.53. The predicted molar refractivity (Wildman–Crippen MR) is 72.5 cm³/mol. The number of fused-ring (bicyclic) bond motifs is 1. The molecule has 2 aliphatic rings. The molecule has 3 heteroatoms. The number of rotatable bonds is 2. The molecule has 1 aromatic rings. The second-order valence-corrected chi connectivity index (χ2v) is 7.04. The van der Waals surface area contributed by atoms with Gasteiger partial charge in [0.2, 0.25) is 0 Å².